The Morgan fingerprint density at radius 3 is 1.46 bits per heavy atom. The Balaban J connectivity index is 1.70. The molecule has 0 saturated heterocycles. The van der Waals surface area contributed by atoms with Crippen LogP contribution in [0.3, 0.4) is 0 Å². The topological polar surface area (TPSA) is 76.1 Å². The van der Waals surface area contributed by atoms with Crippen molar-refractivity contribution in [3.05, 3.63) is 36.4 Å². The molecule has 134 valence electrons. The van der Waals surface area contributed by atoms with Crippen molar-refractivity contribution in [2.45, 2.75) is 63.6 Å². The number of aryl methyl sites for hydroxylation is 2. The number of nitrogens with zero attached hydrogens (tertiary/aromatic N) is 4. The fourth-order valence-corrected chi connectivity index (χ4v) is 3.28. The minimum atomic E-state index is -0.892. The molecule has 0 bridgehead atoms. The molecule has 2 rings (SSSR count). The maximum Gasteiger partial charge on any atom is 0.140 e. The molecule has 2 aromatic rings. The van der Waals surface area contributed by atoms with E-state index in [4.69, 9.17) is 0 Å². The first-order valence-electron chi connectivity index (χ1n) is 8.64. The molecule has 0 aliphatic rings. The molecule has 6 heteroatoms. The van der Waals surface area contributed by atoms with Crippen molar-refractivity contribution in [3.63, 3.8) is 0 Å². The van der Waals surface area contributed by atoms with Crippen LogP contribution in [0.1, 0.15) is 64.0 Å². The Morgan fingerprint density at radius 1 is 0.792 bits per heavy atom. The summed E-state index contributed by atoms with van der Waals surface area (Å²) in [6.07, 6.45) is 12.4. The van der Waals surface area contributed by atoms with Gasteiger partial charge in [0.25, 0.3) is 0 Å². The molecule has 2 heterocycles. The zero-order chi connectivity index (χ0) is 17.8. The lowest BCUT2D eigenvalue weighted by Crippen LogP contribution is -2.25. The van der Waals surface area contributed by atoms with Gasteiger partial charge in [0.15, 0.2) is 0 Å². The second-order valence-electron chi connectivity index (χ2n) is 7.19. The standard InChI is InChI=1S/C18H30N4O2/c1-17(23,15-19-11-13-21(15)3)9-7-5-6-8-10-18(2,24)16-20-12-14-22(16)4/h11-14,23-24H,5-10H2,1-4H3. The number of unbranched alkanes of at least 4 members (excludes halogenated alkanes) is 3. The van der Waals surface area contributed by atoms with Crippen molar-refractivity contribution in [1.29, 1.82) is 0 Å². The van der Waals surface area contributed by atoms with E-state index in [1.54, 1.807) is 12.4 Å². The Bertz CT molecular complexity index is 587. The maximum absolute atomic E-state index is 10.6. The number of rotatable bonds is 9. The van der Waals surface area contributed by atoms with E-state index >= 15 is 0 Å². The van der Waals surface area contributed by atoms with Crippen molar-refractivity contribution < 1.29 is 10.2 Å². The van der Waals surface area contributed by atoms with Crippen LogP contribution in [0.15, 0.2) is 24.8 Å². The van der Waals surface area contributed by atoms with Crippen LogP contribution in [0.25, 0.3) is 0 Å². The molecule has 2 aromatic heterocycles. The van der Waals surface area contributed by atoms with Crippen molar-refractivity contribution in [3.8, 4) is 0 Å². The molecule has 2 N–H and O–H groups in total. The van der Waals surface area contributed by atoms with E-state index in [1.807, 2.05) is 49.5 Å². The normalized spacial score (nSPS) is 16.8. The monoisotopic (exact) mass is 334 g/mol. The number of aromatic nitrogens is 4. The molecule has 0 radical (unpaired) electrons. The summed E-state index contributed by atoms with van der Waals surface area (Å²) in [4.78, 5) is 8.48. The first-order chi connectivity index (χ1) is 11.2. The van der Waals surface area contributed by atoms with Crippen molar-refractivity contribution >= 4 is 0 Å². The number of hydrogen-bond donors (Lipinski definition) is 2. The summed E-state index contributed by atoms with van der Waals surface area (Å²) in [6, 6.07) is 0. The second-order valence-corrected chi connectivity index (χ2v) is 7.19. The summed E-state index contributed by atoms with van der Waals surface area (Å²) < 4.78 is 3.73. The fraction of sp³-hybridized carbons (Fsp3) is 0.667. The third kappa shape index (κ3) is 4.45. The van der Waals surface area contributed by atoms with Gasteiger partial charge in [-0.25, -0.2) is 9.97 Å². The zero-order valence-electron chi connectivity index (χ0n) is 15.2. The first-order valence-corrected chi connectivity index (χ1v) is 8.64. The van der Waals surface area contributed by atoms with Crippen LogP contribution in [0, 0.1) is 0 Å². The predicted molar refractivity (Wildman–Crippen MR) is 93.3 cm³/mol. The molecule has 0 fully saturated rings. The van der Waals surface area contributed by atoms with Crippen molar-refractivity contribution in [2.75, 3.05) is 0 Å². The van der Waals surface area contributed by atoms with Gasteiger partial charge in [-0.3, -0.25) is 0 Å². The van der Waals surface area contributed by atoms with Gasteiger partial charge < -0.3 is 19.3 Å². The highest BCUT2D eigenvalue weighted by atomic mass is 16.3. The molecule has 0 amide bonds. The number of hydrogen-bond acceptors (Lipinski definition) is 4. The van der Waals surface area contributed by atoms with Gasteiger partial charge in [0.1, 0.15) is 22.9 Å². The number of imidazole rings is 2. The van der Waals surface area contributed by atoms with E-state index in [-0.39, 0.29) is 0 Å². The summed E-state index contributed by atoms with van der Waals surface area (Å²) in [6.45, 7) is 3.64. The van der Waals surface area contributed by atoms with Crippen LogP contribution in [0.2, 0.25) is 0 Å². The van der Waals surface area contributed by atoms with Crippen LogP contribution >= 0.6 is 0 Å². The highest BCUT2D eigenvalue weighted by molar-refractivity contribution is 5.03. The van der Waals surface area contributed by atoms with Gasteiger partial charge in [-0.1, -0.05) is 25.7 Å². The largest absolute Gasteiger partial charge is 0.382 e. The van der Waals surface area contributed by atoms with E-state index in [0.717, 1.165) is 25.7 Å². The molecule has 0 spiro atoms. The Hall–Kier alpha value is -1.66. The van der Waals surface area contributed by atoms with Gasteiger partial charge >= 0.3 is 0 Å². The minimum Gasteiger partial charge on any atom is -0.382 e. The molecule has 6 nitrogen and oxygen atoms in total. The molecule has 0 saturated carbocycles. The average Bonchev–Trinajstić information content (AvgIpc) is 3.11. The smallest absolute Gasteiger partial charge is 0.140 e. The molecule has 0 aliphatic heterocycles. The quantitative estimate of drug-likeness (QED) is 0.691. The van der Waals surface area contributed by atoms with E-state index < -0.39 is 11.2 Å². The van der Waals surface area contributed by atoms with Crippen LogP contribution < -0.4 is 0 Å². The van der Waals surface area contributed by atoms with E-state index in [9.17, 15) is 10.2 Å². The van der Waals surface area contributed by atoms with Crippen LogP contribution in [0.4, 0.5) is 0 Å². The lowest BCUT2D eigenvalue weighted by atomic mass is 9.94. The maximum atomic E-state index is 10.6. The summed E-state index contributed by atoms with van der Waals surface area (Å²) in [5.74, 6) is 1.42. The second kappa shape index (κ2) is 7.49. The van der Waals surface area contributed by atoms with Crippen LogP contribution in [-0.2, 0) is 25.3 Å². The summed E-state index contributed by atoms with van der Waals surface area (Å²) in [5.41, 5.74) is -1.78. The van der Waals surface area contributed by atoms with Crippen molar-refractivity contribution in [2.24, 2.45) is 14.1 Å². The summed E-state index contributed by atoms with van der Waals surface area (Å²) in [7, 11) is 3.80. The van der Waals surface area contributed by atoms with Gasteiger partial charge in [-0.05, 0) is 26.7 Å². The molecular formula is C18H30N4O2. The highest BCUT2D eigenvalue weighted by Gasteiger charge is 2.28. The highest BCUT2D eigenvalue weighted by Crippen LogP contribution is 2.27. The Kier molecular flexibility index (Phi) is 5.83. The molecule has 24 heavy (non-hydrogen) atoms. The van der Waals surface area contributed by atoms with E-state index in [0.29, 0.717) is 24.5 Å². The predicted octanol–water partition coefficient (Wildman–Crippen LogP) is 2.61. The SMILES string of the molecule is Cn1ccnc1C(C)(O)CCCCCCC(C)(O)c1nccn1C. The lowest BCUT2D eigenvalue weighted by molar-refractivity contribution is 0.0287. The van der Waals surface area contributed by atoms with Gasteiger partial charge in [0.05, 0.1) is 0 Å². The molecule has 0 aliphatic carbocycles. The molecule has 2 atom stereocenters. The van der Waals surface area contributed by atoms with Gasteiger partial charge in [-0.2, -0.15) is 0 Å². The lowest BCUT2D eigenvalue weighted by Gasteiger charge is -2.24. The summed E-state index contributed by atoms with van der Waals surface area (Å²) in [5, 5.41) is 21.1. The zero-order valence-corrected chi connectivity index (χ0v) is 15.2. The average molecular weight is 334 g/mol. The van der Waals surface area contributed by atoms with Crippen molar-refractivity contribution in [1.82, 2.24) is 19.1 Å². The Labute approximate surface area is 144 Å². The van der Waals surface area contributed by atoms with E-state index in [2.05, 4.69) is 9.97 Å². The molecular weight excluding hydrogens is 304 g/mol. The van der Waals surface area contributed by atoms with Crippen LogP contribution in [0.5, 0.6) is 0 Å². The Morgan fingerprint density at radius 2 is 1.17 bits per heavy atom. The first kappa shape index (κ1) is 18.7. The van der Waals surface area contributed by atoms with Gasteiger partial charge in [-0.15, -0.1) is 0 Å². The van der Waals surface area contributed by atoms with E-state index in [1.165, 1.54) is 0 Å². The third-order valence-corrected chi connectivity index (χ3v) is 4.68. The molecule has 0 aromatic carbocycles. The van der Waals surface area contributed by atoms with Gasteiger partial charge in [0, 0.05) is 38.9 Å². The molecule has 2 unspecified atom stereocenters. The third-order valence-electron chi connectivity index (χ3n) is 4.68. The number of aliphatic hydroxyl groups is 2. The minimum absolute atomic E-state index is 0.688. The summed E-state index contributed by atoms with van der Waals surface area (Å²) >= 11 is 0. The van der Waals surface area contributed by atoms with Crippen LogP contribution in [-0.4, -0.2) is 29.3 Å². The van der Waals surface area contributed by atoms with Gasteiger partial charge in [0.2, 0.25) is 0 Å². The fourth-order valence-electron chi connectivity index (χ4n) is 3.28.